The van der Waals surface area contributed by atoms with Gasteiger partial charge in [-0.3, -0.25) is 0 Å². The van der Waals surface area contributed by atoms with E-state index in [0.29, 0.717) is 28.0 Å². The Morgan fingerprint density at radius 3 is 2.27 bits per heavy atom. The molecule has 4 aromatic heterocycles. The molecule has 0 aliphatic carbocycles. The van der Waals surface area contributed by atoms with Crippen LogP contribution in [0.1, 0.15) is 60.3 Å². The van der Waals surface area contributed by atoms with E-state index in [-0.39, 0.29) is 23.7 Å². The molecular weight excluding hydrogens is 545 g/mol. The van der Waals surface area contributed by atoms with Gasteiger partial charge in [0.25, 0.3) is 0 Å². The summed E-state index contributed by atoms with van der Waals surface area (Å²) in [6.07, 6.45) is -2.57. The van der Waals surface area contributed by atoms with Crippen molar-refractivity contribution in [2.45, 2.75) is 71.9 Å². The van der Waals surface area contributed by atoms with Crippen LogP contribution in [0.2, 0.25) is 0 Å². The summed E-state index contributed by atoms with van der Waals surface area (Å²) in [5, 5.41) is 13.6. The van der Waals surface area contributed by atoms with Crippen LogP contribution < -0.4 is 18.9 Å². The second kappa shape index (κ2) is 10.9. The lowest BCUT2D eigenvalue weighted by atomic mass is 10.1. The van der Waals surface area contributed by atoms with Crippen molar-refractivity contribution in [1.82, 2.24) is 39.9 Å². The van der Waals surface area contributed by atoms with Crippen molar-refractivity contribution in [3.8, 4) is 34.9 Å². The molecule has 15 heteroatoms. The Morgan fingerprint density at radius 2 is 1.61 bits per heavy atom. The van der Waals surface area contributed by atoms with Crippen LogP contribution in [0.25, 0.3) is 22.3 Å². The van der Waals surface area contributed by atoms with Gasteiger partial charge in [-0.25, -0.2) is 19.6 Å². The lowest BCUT2D eigenvalue weighted by molar-refractivity contribution is -0.154. The zero-order valence-electron chi connectivity index (χ0n) is 23.9. The molecule has 0 spiro atoms. The maximum absolute atomic E-state index is 12.5. The number of halogens is 3. The van der Waals surface area contributed by atoms with Crippen LogP contribution in [0.5, 0.6) is 23.7 Å². The van der Waals surface area contributed by atoms with E-state index in [4.69, 9.17) is 18.9 Å². The quantitative estimate of drug-likeness (QED) is 0.279. The van der Waals surface area contributed by atoms with Gasteiger partial charge in [-0.15, -0.1) is 15.3 Å². The molecule has 1 atom stereocenters. The zero-order valence-corrected chi connectivity index (χ0v) is 23.9. The van der Waals surface area contributed by atoms with Crippen molar-refractivity contribution < 1.29 is 32.1 Å². The molecule has 0 radical (unpaired) electrons. The lowest BCUT2D eigenvalue weighted by Gasteiger charge is -2.24. The van der Waals surface area contributed by atoms with E-state index in [9.17, 15) is 13.2 Å². The Kier molecular flexibility index (Phi) is 7.91. The van der Waals surface area contributed by atoms with E-state index >= 15 is 0 Å². The first-order chi connectivity index (χ1) is 19.0. The Bertz CT molecular complexity index is 1530. The van der Waals surface area contributed by atoms with Gasteiger partial charge in [0.2, 0.25) is 17.6 Å². The first-order valence-electron chi connectivity index (χ1n) is 12.6. The van der Waals surface area contributed by atoms with Gasteiger partial charge in [-0.2, -0.15) is 18.2 Å². The highest BCUT2D eigenvalue weighted by atomic mass is 19.4. The molecule has 4 aromatic rings. The van der Waals surface area contributed by atoms with Crippen LogP contribution in [0.3, 0.4) is 0 Å². The number of hydrogen-bond acceptors (Lipinski definition) is 11. The van der Waals surface area contributed by atoms with Crippen molar-refractivity contribution >= 4 is 11.0 Å². The van der Waals surface area contributed by atoms with Crippen molar-refractivity contribution in [2.75, 3.05) is 6.61 Å². The van der Waals surface area contributed by atoms with Gasteiger partial charge in [-0.05, 0) is 54.5 Å². The molecule has 12 nitrogen and oxygen atoms in total. The maximum atomic E-state index is 12.5. The summed E-state index contributed by atoms with van der Waals surface area (Å²) < 4.78 is 61.9. The highest BCUT2D eigenvalue weighted by Gasteiger charge is 2.29. The summed E-state index contributed by atoms with van der Waals surface area (Å²) in [6, 6.07) is 3.15. The second-order valence-electron chi connectivity index (χ2n) is 11.1. The normalized spacial score (nSPS) is 13.2. The van der Waals surface area contributed by atoms with Crippen molar-refractivity contribution in [1.29, 1.82) is 0 Å². The Morgan fingerprint density at radius 1 is 0.902 bits per heavy atom. The molecule has 0 N–H and O–H groups in total. The van der Waals surface area contributed by atoms with Gasteiger partial charge in [0.15, 0.2) is 12.3 Å². The monoisotopic (exact) mass is 576 g/mol. The molecule has 0 bridgehead atoms. The van der Waals surface area contributed by atoms with E-state index in [1.54, 1.807) is 26.2 Å². The molecule has 0 unspecified atom stereocenters. The van der Waals surface area contributed by atoms with Crippen LogP contribution in [-0.4, -0.2) is 63.9 Å². The number of alkyl halides is 3. The summed E-state index contributed by atoms with van der Waals surface area (Å²) in [5.41, 5.74) is 0.488. The fourth-order valence-corrected chi connectivity index (χ4v) is 3.49. The van der Waals surface area contributed by atoms with Crippen LogP contribution in [-0.2, 0) is 7.05 Å². The molecular formula is C26H31F3N8O4. The number of aryl methyl sites for hydroxylation is 1. The van der Waals surface area contributed by atoms with E-state index in [1.807, 2.05) is 41.5 Å². The van der Waals surface area contributed by atoms with E-state index in [1.165, 1.54) is 10.7 Å². The largest absolute Gasteiger partial charge is 0.471 e. The van der Waals surface area contributed by atoms with Crippen LogP contribution in [0.4, 0.5) is 13.2 Å². The molecule has 0 saturated carbocycles. The highest BCUT2D eigenvalue weighted by molar-refractivity contribution is 5.85. The molecule has 0 aliphatic heterocycles. The minimum atomic E-state index is -4.50. The molecule has 0 saturated heterocycles. The van der Waals surface area contributed by atoms with E-state index < -0.39 is 30.1 Å². The number of rotatable bonds is 8. The lowest BCUT2D eigenvalue weighted by Crippen LogP contribution is -2.26. The molecule has 0 aliphatic rings. The first kappa shape index (κ1) is 29.7. The molecule has 0 amide bonds. The van der Waals surface area contributed by atoms with Gasteiger partial charge in [0.1, 0.15) is 29.3 Å². The fourth-order valence-electron chi connectivity index (χ4n) is 3.49. The third kappa shape index (κ3) is 7.89. The summed E-state index contributed by atoms with van der Waals surface area (Å²) in [4.78, 5) is 16.7. The average Bonchev–Trinajstić information content (AvgIpc) is 3.15. The van der Waals surface area contributed by atoms with Gasteiger partial charge >= 0.3 is 12.2 Å². The van der Waals surface area contributed by atoms with E-state index in [2.05, 4.69) is 35.2 Å². The zero-order chi connectivity index (χ0) is 30.2. The highest BCUT2D eigenvalue weighted by Crippen LogP contribution is 2.34. The minimum Gasteiger partial charge on any atom is -0.471 e. The number of ether oxygens (including phenoxy) is 4. The molecule has 4 rings (SSSR count). The Balaban J connectivity index is 1.67. The topological polar surface area (TPSA) is 132 Å². The van der Waals surface area contributed by atoms with E-state index in [0.717, 1.165) is 6.33 Å². The molecule has 41 heavy (non-hydrogen) atoms. The molecule has 4 heterocycles. The van der Waals surface area contributed by atoms with Gasteiger partial charge in [0, 0.05) is 19.3 Å². The average molecular weight is 577 g/mol. The van der Waals surface area contributed by atoms with Crippen LogP contribution in [0.15, 0.2) is 24.7 Å². The smallest absolute Gasteiger partial charge is 0.422 e. The Hall–Kier alpha value is -4.30. The molecule has 0 aromatic carbocycles. The third-order valence-electron chi connectivity index (χ3n) is 5.11. The fraction of sp³-hybridized carbons (Fsp3) is 0.500. The number of aromatic nitrogens is 8. The molecule has 220 valence electrons. The minimum absolute atomic E-state index is 0.150. The van der Waals surface area contributed by atoms with Crippen LogP contribution in [0, 0.1) is 0 Å². The van der Waals surface area contributed by atoms with Crippen molar-refractivity contribution in [3.05, 3.63) is 30.4 Å². The van der Waals surface area contributed by atoms with Gasteiger partial charge in [-0.1, -0.05) is 0 Å². The van der Waals surface area contributed by atoms with Crippen molar-refractivity contribution in [2.24, 2.45) is 7.05 Å². The SMILES string of the molecule is C[C@H](Oc1nn(C)c2nnc(-c3cnc(OC(C)(C)C)nc3OC(C)(C)C)cc12)c1cc(OCC(F)(F)F)ncn1. The number of hydrogen-bond donors (Lipinski definition) is 0. The third-order valence-corrected chi connectivity index (χ3v) is 5.11. The molecule has 0 fully saturated rings. The summed E-state index contributed by atoms with van der Waals surface area (Å²) in [5.74, 6) is 0.231. The predicted molar refractivity (Wildman–Crippen MR) is 141 cm³/mol. The number of fused-ring (bicyclic) bond motifs is 1. The van der Waals surface area contributed by atoms with Crippen molar-refractivity contribution in [3.63, 3.8) is 0 Å². The number of nitrogens with zero attached hydrogens (tertiary/aromatic N) is 8. The Labute approximate surface area is 234 Å². The summed E-state index contributed by atoms with van der Waals surface area (Å²) >= 11 is 0. The predicted octanol–water partition coefficient (Wildman–Crippen LogP) is 5.05. The van der Waals surface area contributed by atoms with Crippen LogP contribution >= 0.6 is 0 Å². The van der Waals surface area contributed by atoms with Gasteiger partial charge < -0.3 is 18.9 Å². The summed E-state index contributed by atoms with van der Waals surface area (Å²) in [7, 11) is 1.68. The maximum Gasteiger partial charge on any atom is 0.422 e. The standard InChI is InChI=1S/C26H31F3N8O4/c1-14(17-10-19(32-13-31-17)38-12-26(27,28)29)39-22-15-9-18(34-35-20(15)37(8)36-22)16-11-30-23(41-25(5,6)7)33-21(16)40-24(2,3)4/h9-11,13-14H,12H2,1-8H3/t14-/m0/s1. The first-order valence-corrected chi connectivity index (χ1v) is 12.6. The second-order valence-corrected chi connectivity index (χ2v) is 11.1. The summed E-state index contributed by atoms with van der Waals surface area (Å²) in [6.45, 7) is 11.5. The van der Waals surface area contributed by atoms with Gasteiger partial charge in [0.05, 0.1) is 16.6 Å².